The van der Waals surface area contributed by atoms with Crippen molar-refractivity contribution in [3.05, 3.63) is 23.3 Å². The normalized spacial score (nSPS) is 12.1. The molecule has 0 aromatic heterocycles. The summed E-state index contributed by atoms with van der Waals surface area (Å²) in [5, 5.41) is 9.23. The number of methoxy groups -OCH3 is 1. The van der Waals surface area contributed by atoms with E-state index in [0.717, 1.165) is 22.6 Å². The van der Waals surface area contributed by atoms with E-state index in [1.807, 2.05) is 32.9 Å². The minimum Gasteiger partial charge on any atom is -0.496 e. The molecule has 4 nitrogen and oxygen atoms in total. The number of hydrogen-bond donors (Lipinski definition) is 1. The molecule has 0 spiro atoms. The second kappa shape index (κ2) is 6.57. The molecule has 1 rings (SSSR count). The highest BCUT2D eigenvalue weighted by Gasteiger charge is 2.22. The second-order valence-corrected chi connectivity index (χ2v) is 4.79. The predicted molar refractivity (Wildman–Crippen MR) is 76.7 cm³/mol. The molecule has 1 N–H and O–H groups in total. The number of ether oxygens (including phenoxy) is 1. The molecular formula is C15H23NO3. The number of aliphatic hydroxyl groups is 1. The van der Waals surface area contributed by atoms with Crippen molar-refractivity contribution in [3.8, 4) is 5.75 Å². The number of benzene rings is 1. The minimum atomic E-state index is -0.341. The van der Waals surface area contributed by atoms with Crippen molar-refractivity contribution < 1.29 is 14.6 Å². The van der Waals surface area contributed by atoms with Crippen molar-refractivity contribution in [1.29, 1.82) is 0 Å². The maximum atomic E-state index is 12.3. The zero-order valence-electron chi connectivity index (χ0n) is 12.4. The molecule has 0 saturated carbocycles. The molecule has 1 aromatic carbocycles. The van der Waals surface area contributed by atoms with E-state index in [9.17, 15) is 9.90 Å². The molecule has 0 bridgehead atoms. The lowest BCUT2D eigenvalue weighted by Crippen LogP contribution is -2.34. The molecule has 0 saturated heterocycles. The first-order chi connectivity index (χ1) is 8.96. The van der Waals surface area contributed by atoms with Crippen LogP contribution in [0.2, 0.25) is 0 Å². The maximum absolute atomic E-state index is 12.3. The molecule has 1 aromatic rings. The van der Waals surface area contributed by atoms with E-state index in [4.69, 9.17) is 4.74 Å². The van der Waals surface area contributed by atoms with Gasteiger partial charge in [0.15, 0.2) is 0 Å². The minimum absolute atomic E-state index is 0.0577. The Morgan fingerprint density at radius 3 is 2.47 bits per heavy atom. The van der Waals surface area contributed by atoms with E-state index >= 15 is 0 Å². The summed E-state index contributed by atoms with van der Waals surface area (Å²) in [6, 6.07) is 3.87. The number of anilines is 1. The molecule has 0 aliphatic carbocycles. The Morgan fingerprint density at radius 2 is 2.00 bits per heavy atom. The topological polar surface area (TPSA) is 49.8 Å². The Kier molecular flexibility index (Phi) is 5.36. The van der Waals surface area contributed by atoms with Gasteiger partial charge in [-0.3, -0.25) is 4.79 Å². The molecule has 0 fully saturated rings. The van der Waals surface area contributed by atoms with Crippen LogP contribution >= 0.6 is 0 Å². The van der Waals surface area contributed by atoms with Gasteiger partial charge in [-0.15, -0.1) is 0 Å². The number of rotatable bonds is 5. The summed E-state index contributed by atoms with van der Waals surface area (Å²) in [6.45, 7) is 5.68. The zero-order valence-corrected chi connectivity index (χ0v) is 12.4. The van der Waals surface area contributed by atoms with Crippen LogP contribution in [-0.2, 0) is 4.79 Å². The van der Waals surface area contributed by atoms with Gasteiger partial charge in [0, 0.05) is 12.7 Å². The summed E-state index contributed by atoms with van der Waals surface area (Å²) in [6.07, 6.45) is 0.633. The molecule has 1 unspecified atom stereocenters. The third-order valence-electron chi connectivity index (χ3n) is 3.47. The van der Waals surface area contributed by atoms with Gasteiger partial charge in [-0.1, -0.05) is 6.92 Å². The van der Waals surface area contributed by atoms with Gasteiger partial charge < -0.3 is 14.7 Å². The summed E-state index contributed by atoms with van der Waals surface area (Å²) in [5.41, 5.74) is 2.82. The largest absolute Gasteiger partial charge is 0.496 e. The first-order valence-electron chi connectivity index (χ1n) is 6.49. The fourth-order valence-corrected chi connectivity index (χ4v) is 2.13. The van der Waals surface area contributed by atoms with E-state index in [1.165, 1.54) is 0 Å². The number of carbonyl (C=O) groups is 1. The Balaban J connectivity index is 3.09. The second-order valence-electron chi connectivity index (χ2n) is 4.79. The molecule has 1 amide bonds. The summed E-state index contributed by atoms with van der Waals surface area (Å²) in [4.78, 5) is 13.9. The fourth-order valence-electron chi connectivity index (χ4n) is 2.13. The highest BCUT2D eigenvalue weighted by molar-refractivity contribution is 5.95. The van der Waals surface area contributed by atoms with Crippen LogP contribution < -0.4 is 9.64 Å². The number of hydrogen-bond acceptors (Lipinski definition) is 3. The lowest BCUT2D eigenvalue weighted by molar-refractivity contribution is -0.123. The third-order valence-corrected chi connectivity index (χ3v) is 3.47. The molecule has 1 atom stereocenters. The molecule has 106 valence electrons. The molecular weight excluding hydrogens is 242 g/mol. The lowest BCUT2D eigenvalue weighted by atomic mass is 10.0. The van der Waals surface area contributed by atoms with Crippen LogP contribution in [0.5, 0.6) is 5.75 Å². The number of nitrogens with zero attached hydrogens (tertiary/aromatic N) is 1. The smallest absolute Gasteiger partial charge is 0.232 e. The van der Waals surface area contributed by atoms with Crippen molar-refractivity contribution in [3.63, 3.8) is 0 Å². The average molecular weight is 265 g/mol. The van der Waals surface area contributed by atoms with Gasteiger partial charge in [-0.05, 0) is 43.5 Å². The summed E-state index contributed by atoms with van der Waals surface area (Å²) < 4.78 is 5.27. The quantitative estimate of drug-likeness (QED) is 0.888. The summed E-state index contributed by atoms with van der Waals surface area (Å²) >= 11 is 0. The van der Waals surface area contributed by atoms with Crippen molar-refractivity contribution in [2.24, 2.45) is 5.92 Å². The number of aliphatic hydroxyl groups excluding tert-OH is 1. The van der Waals surface area contributed by atoms with Crippen LogP contribution in [0.25, 0.3) is 0 Å². The average Bonchev–Trinajstić information content (AvgIpc) is 2.41. The molecule has 0 radical (unpaired) electrons. The molecule has 4 heteroatoms. The van der Waals surface area contributed by atoms with Crippen LogP contribution in [0.3, 0.4) is 0 Å². The van der Waals surface area contributed by atoms with Crippen LogP contribution in [0.1, 0.15) is 24.5 Å². The Hall–Kier alpha value is -1.55. The van der Waals surface area contributed by atoms with Gasteiger partial charge in [0.2, 0.25) is 5.91 Å². The van der Waals surface area contributed by atoms with E-state index in [-0.39, 0.29) is 18.4 Å². The number of aryl methyl sites for hydroxylation is 2. The molecule has 19 heavy (non-hydrogen) atoms. The van der Waals surface area contributed by atoms with E-state index in [1.54, 1.807) is 19.1 Å². The highest BCUT2D eigenvalue weighted by Crippen LogP contribution is 2.29. The maximum Gasteiger partial charge on any atom is 0.232 e. The van der Waals surface area contributed by atoms with Gasteiger partial charge in [0.1, 0.15) is 5.75 Å². The van der Waals surface area contributed by atoms with E-state index in [2.05, 4.69) is 0 Å². The van der Waals surface area contributed by atoms with Gasteiger partial charge in [-0.25, -0.2) is 0 Å². The van der Waals surface area contributed by atoms with Crippen molar-refractivity contribution in [1.82, 2.24) is 0 Å². The third kappa shape index (κ3) is 3.26. The van der Waals surface area contributed by atoms with E-state index in [0.29, 0.717) is 6.42 Å². The predicted octanol–water partition coefficient (Wildman–Crippen LogP) is 2.29. The first kappa shape index (κ1) is 15.5. The molecule has 0 heterocycles. The zero-order chi connectivity index (χ0) is 14.6. The monoisotopic (exact) mass is 265 g/mol. The SMILES string of the molecule is CCC(CO)C(=O)N(C)c1cc(C)c(OC)cc1C. The van der Waals surface area contributed by atoms with Gasteiger partial charge in [0.25, 0.3) is 0 Å². The molecule has 0 aliphatic rings. The Labute approximate surface area is 115 Å². The Morgan fingerprint density at radius 1 is 1.37 bits per heavy atom. The van der Waals surface area contributed by atoms with E-state index < -0.39 is 0 Å². The van der Waals surface area contributed by atoms with Crippen molar-refractivity contribution in [2.75, 3.05) is 25.7 Å². The summed E-state index contributed by atoms with van der Waals surface area (Å²) in [7, 11) is 3.38. The Bertz CT molecular complexity index is 453. The van der Waals surface area contributed by atoms with Crippen LogP contribution in [0, 0.1) is 19.8 Å². The standard InChI is InChI=1S/C15H23NO3/c1-6-12(9-17)15(18)16(4)13-7-11(3)14(19-5)8-10(13)2/h7-8,12,17H,6,9H2,1-5H3. The van der Waals surface area contributed by atoms with Crippen LogP contribution in [0.4, 0.5) is 5.69 Å². The first-order valence-corrected chi connectivity index (χ1v) is 6.49. The number of carbonyl (C=O) groups excluding carboxylic acids is 1. The number of amides is 1. The van der Waals surface area contributed by atoms with Gasteiger partial charge in [-0.2, -0.15) is 0 Å². The molecule has 0 aliphatic heterocycles. The van der Waals surface area contributed by atoms with Gasteiger partial charge >= 0.3 is 0 Å². The van der Waals surface area contributed by atoms with Crippen LogP contribution in [0.15, 0.2) is 12.1 Å². The highest BCUT2D eigenvalue weighted by atomic mass is 16.5. The van der Waals surface area contributed by atoms with Crippen molar-refractivity contribution >= 4 is 11.6 Å². The fraction of sp³-hybridized carbons (Fsp3) is 0.533. The van der Waals surface area contributed by atoms with Crippen molar-refractivity contribution in [2.45, 2.75) is 27.2 Å². The van der Waals surface area contributed by atoms with Gasteiger partial charge in [0.05, 0.1) is 19.6 Å². The lowest BCUT2D eigenvalue weighted by Gasteiger charge is -2.24. The van der Waals surface area contributed by atoms with Crippen LogP contribution in [-0.4, -0.2) is 31.8 Å². The summed E-state index contributed by atoms with van der Waals surface area (Å²) in [5.74, 6) is 0.417.